The van der Waals surface area contributed by atoms with E-state index in [1.807, 2.05) is 6.92 Å². The summed E-state index contributed by atoms with van der Waals surface area (Å²) in [6, 6.07) is 0. The minimum absolute atomic E-state index is 0.440. The van der Waals surface area contributed by atoms with Gasteiger partial charge in [0.2, 0.25) is 0 Å². The number of carboxylic acid groups (broad SMARTS) is 1. The topological polar surface area (TPSA) is 37.3 Å². The zero-order chi connectivity index (χ0) is 10.3. The van der Waals surface area contributed by atoms with Crippen LogP contribution in [0.1, 0.15) is 33.1 Å². The molecule has 0 aromatic rings. The van der Waals surface area contributed by atoms with Crippen LogP contribution in [-0.4, -0.2) is 17.0 Å². The third-order valence-corrected chi connectivity index (χ3v) is 2.97. The Morgan fingerprint density at radius 3 is 2.31 bits per heavy atom. The number of hydrogen-bond acceptors (Lipinski definition) is 1. The number of rotatable bonds is 4. The smallest absolute Gasteiger partial charge is 0.316 e. The first kappa shape index (κ1) is 10.4. The molecule has 1 rings (SSSR count). The molecule has 1 aliphatic rings. The quantitative estimate of drug-likeness (QED) is 0.743. The number of alkyl halides is 2. The molecular weight excluding hydrogens is 178 g/mol. The van der Waals surface area contributed by atoms with Gasteiger partial charge in [-0.3, -0.25) is 4.79 Å². The van der Waals surface area contributed by atoms with Crippen LogP contribution in [0.4, 0.5) is 8.78 Å². The maximum Gasteiger partial charge on any atom is 0.316 e. The Labute approximate surface area is 75.9 Å². The molecule has 0 amide bonds. The van der Waals surface area contributed by atoms with Crippen LogP contribution in [0.3, 0.4) is 0 Å². The SMILES string of the molecule is CCCC(C)C1(C(=O)O)CC1(F)F. The second kappa shape index (κ2) is 2.93. The molecule has 0 saturated heterocycles. The van der Waals surface area contributed by atoms with Crippen molar-refractivity contribution < 1.29 is 18.7 Å². The molecular formula is C9H14F2O2. The molecule has 1 saturated carbocycles. The number of carboxylic acids is 1. The summed E-state index contributed by atoms with van der Waals surface area (Å²) in [5, 5.41) is 8.76. The monoisotopic (exact) mass is 192 g/mol. The van der Waals surface area contributed by atoms with Gasteiger partial charge in [0.1, 0.15) is 5.41 Å². The van der Waals surface area contributed by atoms with Gasteiger partial charge in [-0.05, 0) is 12.3 Å². The van der Waals surface area contributed by atoms with Gasteiger partial charge in [-0.15, -0.1) is 0 Å². The number of halogens is 2. The molecule has 0 bridgehead atoms. The standard InChI is InChI=1S/C9H14F2O2/c1-3-4-6(2)8(7(12)13)5-9(8,10)11/h6H,3-5H2,1-2H3,(H,12,13). The number of carbonyl (C=O) groups is 1. The largest absolute Gasteiger partial charge is 0.481 e. The van der Waals surface area contributed by atoms with Crippen LogP contribution < -0.4 is 0 Å². The lowest BCUT2D eigenvalue weighted by atomic mass is 9.86. The summed E-state index contributed by atoms with van der Waals surface area (Å²) in [6.45, 7) is 3.46. The maximum atomic E-state index is 12.9. The van der Waals surface area contributed by atoms with Gasteiger partial charge >= 0.3 is 5.97 Å². The highest BCUT2D eigenvalue weighted by molar-refractivity contribution is 5.80. The predicted octanol–water partition coefficient (Wildman–Crippen LogP) is 2.53. The second-order valence-electron chi connectivity index (χ2n) is 3.85. The third kappa shape index (κ3) is 1.32. The Morgan fingerprint density at radius 2 is 2.08 bits per heavy atom. The van der Waals surface area contributed by atoms with Gasteiger partial charge in [-0.1, -0.05) is 20.3 Å². The van der Waals surface area contributed by atoms with Crippen molar-refractivity contribution in [2.75, 3.05) is 0 Å². The number of aliphatic carboxylic acids is 1. The summed E-state index contributed by atoms with van der Waals surface area (Å²) in [5.74, 6) is -4.78. The summed E-state index contributed by atoms with van der Waals surface area (Å²) in [6.07, 6.45) is 0.796. The molecule has 76 valence electrons. The van der Waals surface area contributed by atoms with Crippen LogP contribution in [0.2, 0.25) is 0 Å². The first-order valence-electron chi connectivity index (χ1n) is 4.49. The van der Waals surface area contributed by atoms with Gasteiger partial charge < -0.3 is 5.11 Å². The molecule has 0 aliphatic heterocycles. The van der Waals surface area contributed by atoms with Crippen molar-refractivity contribution in [1.29, 1.82) is 0 Å². The summed E-state index contributed by atoms with van der Waals surface area (Å²) in [7, 11) is 0. The second-order valence-corrected chi connectivity index (χ2v) is 3.85. The fourth-order valence-electron chi connectivity index (χ4n) is 1.96. The van der Waals surface area contributed by atoms with E-state index < -0.39 is 29.6 Å². The van der Waals surface area contributed by atoms with E-state index in [-0.39, 0.29) is 0 Å². The van der Waals surface area contributed by atoms with Crippen LogP contribution in [0.25, 0.3) is 0 Å². The Bertz CT molecular complexity index is 228. The Kier molecular flexibility index (Phi) is 2.34. The van der Waals surface area contributed by atoms with E-state index in [4.69, 9.17) is 5.11 Å². The molecule has 2 atom stereocenters. The minimum Gasteiger partial charge on any atom is -0.481 e. The molecule has 1 fully saturated rings. The Morgan fingerprint density at radius 1 is 1.62 bits per heavy atom. The van der Waals surface area contributed by atoms with E-state index in [0.717, 1.165) is 6.42 Å². The zero-order valence-corrected chi connectivity index (χ0v) is 7.81. The zero-order valence-electron chi connectivity index (χ0n) is 7.81. The lowest BCUT2D eigenvalue weighted by molar-refractivity contribution is -0.150. The van der Waals surface area contributed by atoms with Gasteiger partial charge in [-0.2, -0.15) is 0 Å². The van der Waals surface area contributed by atoms with E-state index in [1.54, 1.807) is 6.92 Å². The van der Waals surface area contributed by atoms with Gasteiger partial charge in [0.05, 0.1) is 0 Å². The fourth-order valence-corrected chi connectivity index (χ4v) is 1.96. The van der Waals surface area contributed by atoms with E-state index in [1.165, 1.54) is 0 Å². The molecule has 4 heteroatoms. The van der Waals surface area contributed by atoms with Crippen LogP contribution in [-0.2, 0) is 4.79 Å². The van der Waals surface area contributed by atoms with E-state index in [9.17, 15) is 13.6 Å². The average Bonchev–Trinajstić information content (AvgIpc) is 2.56. The molecule has 0 aromatic carbocycles. The molecule has 13 heavy (non-hydrogen) atoms. The molecule has 0 spiro atoms. The minimum atomic E-state index is -2.99. The van der Waals surface area contributed by atoms with Gasteiger partial charge in [-0.25, -0.2) is 8.78 Å². The molecule has 0 aromatic heterocycles. The van der Waals surface area contributed by atoms with Crippen molar-refractivity contribution in [3.8, 4) is 0 Å². The first-order chi connectivity index (χ1) is 5.88. The van der Waals surface area contributed by atoms with Crippen molar-refractivity contribution in [2.45, 2.75) is 39.0 Å². The van der Waals surface area contributed by atoms with Gasteiger partial charge in [0, 0.05) is 6.42 Å². The first-order valence-corrected chi connectivity index (χ1v) is 4.49. The lowest BCUT2D eigenvalue weighted by Crippen LogP contribution is -2.29. The molecule has 0 heterocycles. The summed E-state index contributed by atoms with van der Waals surface area (Å²) >= 11 is 0. The fraction of sp³-hybridized carbons (Fsp3) is 0.889. The van der Waals surface area contributed by atoms with Crippen molar-refractivity contribution in [3.05, 3.63) is 0 Å². The Hall–Kier alpha value is -0.670. The third-order valence-electron chi connectivity index (χ3n) is 2.97. The van der Waals surface area contributed by atoms with Crippen LogP contribution in [0.5, 0.6) is 0 Å². The summed E-state index contributed by atoms with van der Waals surface area (Å²) in [5.41, 5.74) is -1.76. The average molecular weight is 192 g/mol. The van der Waals surface area contributed by atoms with E-state index in [0.29, 0.717) is 6.42 Å². The van der Waals surface area contributed by atoms with Gasteiger partial charge in [0.25, 0.3) is 5.92 Å². The predicted molar refractivity (Wildman–Crippen MR) is 43.7 cm³/mol. The summed E-state index contributed by atoms with van der Waals surface area (Å²) < 4.78 is 25.8. The molecule has 2 unspecified atom stereocenters. The molecule has 0 radical (unpaired) electrons. The maximum absolute atomic E-state index is 12.9. The van der Waals surface area contributed by atoms with Crippen LogP contribution >= 0.6 is 0 Å². The van der Waals surface area contributed by atoms with Crippen LogP contribution in [0, 0.1) is 11.3 Å². The van der Waals surface area contributed by atoms with E-state index >= 15 is 0 Å². The molecule has 2 nitrogen and oxygen atoms in total. The van der Waals surface area contributed by atoms with Crippen molar-refractivity contribution >= 4 is 5.97 Å². The van der Waals surface area contributed by atoms with Gasteiger partial charge in [0.15, 0.2) is 0 Å². The summed E-state index contributed by atoms with van der Waals surface area (Å²) in [4.78, 5) is 10.7. The highest BCUT2D eigenvalue weighted by Crippen LogP contribution is 2.65. The lowest BCUT2D eigenvalue weighted by Gasteiger charge is -2.18. The number of hydrogen-bond donors (Lipinski definition) is 1. The Balaban J connectivity index is 2.78. The normalized spacial score (nSPS) is 32.6. The molecule has 1 N–H and O–H groups in total. The van der Waals surface area contributed by atoms with E-state index in [2.05, 4.69) is 0 Å². The van der Waals surface area contributed by atoms with Crippen LogP contribution in [0.15, 0.2) is 0 Å². The highest BCUT2D eigenvalue weighted by Gasteiger charge is 2.78. The highest BCUT2D eigenvalue weighted by atomic mass is 19.3. The van der Waals surface area contributed by atoms with Crippen molar-refractivity contribution in [2.24, 2.45) is 11.3 Å². The van der Waals surface area contributed by atoms with Crippen molar-refractivity contribution in [1.82, 2.24) is 0 Å². The molecule has 1 aliphatic carbocycles. The van der Waals surface area contributed by atoms with Crippen molar-refractivity contribution in [3.63, 3.8) is 0 Å².